The first kappa shape index (κ1) is 20.3. The molecule has 7 rings (SSSR count). The maximum Gasteiger partial charge on any atom is 0.157 e. The molecule has 0 aromatic carbocycles. The summed E-state index contributed by atoms with van der Waals surface area (Å²) in [5.41, 5.74) is 11.8. The van der Waals surface area contributed by atoms with Crippen molar-refractivity contribution in [1.82, 2.24) is 24.3 Å². The van der Waals surface area contributed by atoms with Crippen LogP contribution in [0.4, 0.5) is 11.6 Å². The molecule has 1 aliphatic heterocycles. The fourth-order valence-electron chi connectivity index (χ4n) is 5.58. The number of rotatable bonds is 3. The van der Waals surface area contributed by atoms with Gasteiger partial charge in [-0.25, -0.2) is 15.0 Å². The van der Waals surface area contributed by atoms with Crippen LogP contribution < -0.4 is 10.6 Å². The second-order valence-corrected chi connectivity index (χ2v) is 10.8. The summed E-state index contributed by atoms with van der Waals surface area (Å²) >= 11 is 7.93. The number of halogens is 1. The molecule has 2 aliphatic rings. The Morgan fingerprint density at radius 3 is 2.71 bits per heavy atom. The number of fused-ring (bicyclic) bond motifs is 1. The minimum Gasteiger partial charge on any atom is -0.382 e. The highest BCUT2D eigenvalue weighted by Gasteiger charge is 2.41. The van der Waals surface area contributed by atoms with Crippen LogP contribution in [0.3, 0.4) is 0 Å². The number of aromatic nitrogens is 5. The minimum absolute atomic E-state index is 0.335. The summed E-state index contributed by atoms with van der Waals surface area (Å²) in [5, 5.41) is 0.472. The maximum absolute atomic E-state index is 6.38. The lowest BCUT2D eigenvalue weighted by atomic mass is 9.76. The molecule has 1 spiro atoms. The Morgan fingerprint density at radius 2 is 1.85 bits per heavy atom. The first-order valence-corrected chi connectivity index (χ1v) is 12.6. The van der Waals surface area contributed by atoms with Gasteiger partial charge in [-0.15, -0.1) is 0 Å². The van der Waals surface area contributed by atoms with Crippen molar-refractivity contribution in [1.29, 1.82) is 0 Å². The van der Waals surface area contributed by atoms with Crippen molar-refractivity contribution >= 4 is 51.8 Å². The predicted octanol–water partition coefficient (Wildman–Crippen LogP) is 4.88. The molecule has 170 valence electrons. The quantitative estimate of drug-likeness (QED) is 0.388. The number of nitrogens with zero attached hydrogens (tertiary/aromatic N) is 6. The summed E-state index contributed by atoms with van der Waals surface area (Å²) in [5.74, 6) is 1.36. The van der Waals surface area contributed by atoms with Gasteiger partial charge in [0, 0.05) is 36.1 Å². The van der Waals surface area contributed by atoms with Crippen LogP contribution in [0.5, 0.6) is 0 Å². The van der Waals surface area contributed by atoms with Crippen LogP contribution in [-0.2, 0) is 12.8 Å². The summed E-state index contributed by atoms with van der Waals surface area (Å²) in [6.45, 7) is 2.00. The zero-order chi connectivity index (χ0) is 22.9. The molecule has 34 heavy (non-hydrogen) atoms. The third-order valence-electron chi connectivity index (χ3n) is 7.36. The van der Waals surface area contributed by atoms with Gasteiger partial charge in [0.05, 0.1) is 16.1 Å². The number of hydrogen-bond acceptors (Lipinski definition) is 7. The molecule has 1 aliphatic carbocycles. The van der Waals surface area contributed by atoms with Crippen molar-refractivity contribution in [2.75, 3.05) is 23.7 Å². The Balaban J connectivity index is 1.17. The van der Waals surface area contributed by atoms with Gasteiger partial charge in [-0.2, -0.15) is 0 Å². The lowest BCUT2D eigenvalue weighted by Gasteiger charge is -2.39. The molecular formula is C25H22ClN7S. The number of imidazole rings is 2. The van der Waals surface area contributed by atoms with Gasteiger partial charge in [-0.1, -0.05) is 29.4 Å². The van der Waals surface area contributed by atoms with E-state index in [9.17, 15) is 0 Å². The van der Waals surface area contributed by atoms with Crippen molar-refractivity contribution in [2.24, 2.45) is 5.41 Å². The number of anilines is 2. The van der Waals surface area contributed by atoms with Gasteiger partial charge in [0.2, 0.25) is 0 Å². The molecule has 0 unspecified atom stereocenters. The molecule has 0 saturated carbocycles. The fraction of sp³-hybridized carbons (Fsp3) is 0.280. The smallest absolute Gasteiger partial charge is 0.157 e. The summed E-state index contributed by atoms with van der Waals surface area (Å²) in [4.78, 5) is 22.7. The molecule has 7 nitrogen and oxygen atoms in total. The van der Waals surface area contributed by atoms with E-state index in [1.165, 1.54) is 11.3 Å². The molecule has 0 amide bonds. The van der Waals surface area contributed by atoms with Crippen LogP contribution in [0.1, 0.15) is 24.1 Å². The molecule has 0 radical (unpaired) electrons. The van der Waals surface area contributed by atoms with Gasteiger partial charge >= 0.3 is 0 Å². The van der Waals surface area contributed by atoms with Crippen LogP contribution in [0.2, 0.25) is 5.02 Å². The van der Waals surface area contributed by atoms with Crippen LogP contribution >= 0.6 is 23.4 Å². The Labute approximate surface area is 205 Å². The number of nitrogens with two attached hydrogens (primary N) is 1. The van der Waals surface area contributed by atoms with Gasteiger partial charge in [-0.3, -0.25) is 9.38 Å². The van der Waals surface area contributed by atoms with Crippen molar-refractivity contribution < 1.29 is 0 Å². The summed E-state index contributed by atoms with van der Waals surface area (Å²) in [6, 6.07) is 10.3. The molecule has 5 aromatic rings. The first-order valence-electron chi connectivity index (χ1n) is 11.5. The highest BCUT2D eigenvalue weighted by atomic mass is 35.5. The van der Waals surface area contributed by atoms with Gasteiger partial charge in [0.1, 0.15) is 17.0 Å². The van der Waals surface area contributed by atoms with Gasteiger partial charge in [0.15, 0.2) is 11.5 Å². The first-order chi connectivity index (χ1) is 16.6. The second kappa shape index (κ2) is 7.45. The predicted molar refractivity (Wildman–Crippen MR) is 135 cm³/mol. The average Bonchev–Trinajstić information content (AvgIpc) is 3.54. The lowest BCUT2D eigenvalue weighted by molar-refractivity contribution is 0.231. The van der Waals surface area contributed by atoms with E-state index in [0.29, 0.717) is 16.3 Å². The largest absolute Gasteiger partial charge is 0.382 e. The molecule has 1 fully saturated rings. The third-order valence-corrected chi connectivity index (χ3v) is 8.97. The summed E-state index contributed by atoms with van der Waals surface area (Å²) in [7, 11) is 0. The molecule has 2 N–H and O–H groups in total. The van der Waals surface area contributed by atoms with Gasteiger partial charge in [-0.05, 0) is 60.9 Å². The summed E-state index contributed by atoms with van der Waals surface area (Å²) < 4.78 is 2.15. The molecule has 5 aromatic heterocycles. The SMILES string of the molecule is Nc1nccc(Sc2ccc3nc(N4CCC5(CC4)Cc4cccnc4C5)c4cnc2n34)c1Cl. The fourth-order valence-corrected chi connectivity index (χ4v) is 6.74. The van der Waals surface area contributed by atoms with E-state index in [4.69, 9.17) is 27.3 Å². The molecule has 0 atom stereocenters. The number of piperidine rings is 1. The molecule has 0 bridgehead atoms. The molecular weight excluding hydrogens is 466 g/mol. The van der Waals surface area contributed by atoms with Crippen molar-refractivity contribution in [3.05, 3.63) is 65.2 Å². The number of pyridine rings is 3. The minimum atomic E-state index is 0.335. The Kier molecular flexibility index (Phi) is 4.45. The Bertz CT molecular complexity index is 1510. The van der Waals surface area contributed by atoms with Gasteiger partial charge < -0.3 is 10.6 Å². The van der Waals surface area contributed by atoms with E-state index >= 15 is 0 Å². The average molecular weight is 488 g/mol. The molecule has 1 saturated heterocycles. The van der Waals surface area contributed by atoms with Crippen LogP contribution in [0, 0.1) is 5.41 Å². The normalized spacial score (nSPS) is 17.3. The van der Waals surface area contributed by atoms with Crippen LogP contribution in [-0.4, -0.2) is 37.4 Å². The van der Waals surface area contributed by atoms with E-state index in [-0.39, 0.29) is 0 Å². The number of nitrogen functional groups attached to an aromatic ring is 1. The van der Waals surface area contributed by atoms with E-state index in [2.05, 4.69) is 43.5 Å². The maximum atomic E-state index is 6.38. The number of hydrogen-bond donors (Lipinski definition) is 1. The molecule has 6 heterocycles. The van der Waals surface area contributed by atoms with E-state index in [1.54, 1.807) is 18.0 Å². The summed E-state index contributed by atoms with van der Waals surface area (Å²) in [6.07, 6.45) is 10.1. The highest BCUT2D eigenvalue weighted by molar-refractivity contribution is 7.99. The molecule has 9 heteroatoms. The van der Waals surface area contributed by atoms with Crippen molar-refractivity contribution in [3.8, 4) is 0 Å². The zero-order valence-electron chi connectivity index (χ0n) is 18.4. The topological polar surface area (TPSA) is 85.2 Å². The van der Waals surface area contributed by atoms with Gasteiger partial charge in [0.25, 0.3) is 0 Å². The highest BCUT2D eigenvalue weighted by Crippen LogP contribution is 2.45. The van der Waals surface area contributed by atoms with Crippen LogP contribution in [0.25, 0.3) is 16.8 Å². The second-order valence-electron chi connectivity index (χ2n) is 9.35. The monoisotopic (exact) mass is 487 g/mol. The van der Waals surface area contributed by atoms with Crippen molar-refractivity contribution in [2.45, 2.75) is 35.5 Å². The van der Waals surface area contributed by atoms with E-state index in [0.717, 1.165) is 71.2 Å². The lowest BCUT2D eigenvalue weighted by Crippen LogP contribution is -2.41. The van der Waals surface area contributed by atoms with E-state index < -0.39 is 0 Å². The standard InChI is InChI=1S/C25H22ClN7S/c26-21-18(5-9-29-22(21)27)34-19-3-4-20-31-23(17-14-30-24(19)33(17)20)32-10-6-25(7-11-32)12-15-2-1-8-28-16(15)13-25/h1-5,8-9,14H,6-7,10-13H2,(H2,27,29). The van der Waals surface area contributed by atoms with Crippen LogP contribution in [0.15, 0.2) is 58.7 Å². The Hall–Kier alpha value is -3.10. The zero-order valence-corrected chi connectivity index (χ0v) is 20.0. The third kappa shape index (κ3) is 3.05. The van der Waals surface area contributed by atoms with E-state index in [1.807, 2.05) is 18.5 Å². The van der Waals surface area contributed by atoms with Crippen molar-refractivity contribution in [3.63, 3.8) is 0 Å². The Morgan fingerprint density at radius 1 is 0.971 bits per heavy atom.